The second-order valence-corrected chi connectivity index (χ2v) is 7.66. The minimum Gasteiger partial charge on any atom is -0.493 e. The lowest BCUT2D eigenvalue weighted by molar-refractivity contribution is 0.102. The van der Waals surface area contributed by atoms with Gasteiger partial charge in [-0.1, -0.05) is 41.5 Å². The van der Waals surface area contributed by atoms with Crippen LogP contribution in [0.3, 0.4) is 0 Å². The highest BCUT2D eigenvalue weighted by molar-refractivity contribution is 6.30. The van der Waals surface area contributed by atoms with Crippen molar-refractivity contribution < 1.29 is 9.53 Å². The monoisotopic (exact) mass is 310 g/mol. The average Bonchev–Trinajstić information content (AvgIpc) is 2.35. The third-order valence-corrected chi connectivity index (χ3v) is 3.68. The molecule has 118 valence electrons. The molecule has 0 N–H and O–H groups in total. The quantitative estimate of drug-likeness (QED) is 0.571. The average molecular weight is 311 g/mol. The van der Waals surface area contributed by atoms with E-state index in [4.69, 9.17) is 16.3 Å². The van der Waals surface area contributed by atoms with Gasteiger partial charge in [-0.05, 0) is 29.9 Å². The fourth-order valence-electron chi connectivity index (χ4n) is 2.28. The summed E-state index contributed by atoms with van der Waals surface area (Å²) in [7, 11) is 0. The number of hydrogen-bond acceptors (Lipinski definition) is 2. The zero-order chi connectivity index (χ0) is 16.4. The summed E-state index contributed by atoms with van der Waals surface area (Å²) in [5.74, 6) is 0.862. The molecule has 0 amide bonds. The van der Waals surface area contributed by atoms with Gasteiger partial charge in [0, 0.05) is 16.7 Å². The zero-order valence-electron chi connectivity index (χ0n) is 14.3. The Kier molecular flexibility index (Phi) is 5.49. The van der Waals surface area contributed by atoms with E-state index >= 15 is 0 Å². The summed E-state index contributed by atoms with van der Waals surface area (Å²) in [6, 6.07) is 3.87. The van der Waals surface area contributed by atoms with Gasteiger partial charge in [-0.2, -0.15) is 0 Å². The molecular weight excluding hydrogens is 284 g/mol. The van der Waals surface area contributed by atoms with Crippen molar-refractivity contribution >= 4 is 17.4 Å². The Balaban J connectivity index is 3.70. The van der Waals surface area contributed by atoms with Crippen LogP contribution in [0, 0.1) is 0 Å². The molecule has 0 bridgehead atoms. The number of halogens is 1. The van der Waals surface area contributed by atoms with Gasteiger partial charge < -0.3 is 4.74 Å². The molecule has 0 aliphatic carbocycles. The summed E-state index contributed by atoms with van der Waals surface area (Å²) < 4.78 is 5.95. The minimum absolute atomic E-state index is 0.00114. The number of hydrogen-bond donors (Lipinski definition) is 0. The van der Waals surface area contributed by atoms with Crippen molar-refractivity contribution in [2.75, 3.05) is 12.5 Å². The molecule has 0 aliphatic heterocycles. The largest absolute Gasteiger partial charge is 0.493 e. The molecule has 0 atom stereocenters. The standard InChI is InChI=1S/C18H27ClO2/c1-8-21-16-13(17(2,3)4)9-12(15(20)11-19)10-14(16)18(5,6)7/h9-10H,8,11H2,1-7H3. The maximum Gasteiger partial charge on any atom is 0.177 e. The highest BCUT2D eigenvalue weighted by atomic mass is 35.5. The number of ether oxygens (including phenoxy) is 1. The van der Waals surface area contributed by atoms with Crippen LogP contribution in [0.5, 0.6) is 5.75 Å². The molecule has 0 saturated carbocycles. The second kappa shape index (κ2) is 6.39. The van der Waals surface area contributed by atoms with Crippen LogP contribution in [0.2, 0.25) is 0 Å². The van der Waals surface area contributed by atoms with Gasteiger partial charge >= 0.3 is 0 Å². The number of benzene rings is 1. The van der Waals surface area contributed by atoms with Crippen LogP contribution >= 0.6 is 11.6 Å². The molecule has 1 aromatic carbocycles. The summed E-state index contributed by atoms with van der Waals surface area (Å²) >= 11 is 5.74. The number of carbonyl (C=O) groups excluding carboxylic acids is 1. The van der Waals surface area contributed by atoms with Gasteiger partial charge in [-0.25, -0.2) is 0 Å². The van der Waals surface area contributed by atoms with Crippen molar-refractivity contribution in [3.05, 3.63) is 28.8 Å². The van der Waals surface area contributed by atoms with Crippen LogP contribution in [-0.2, 0) is 10.8 Å². The van der Waals surface area contributed by atoms with Crippen LogP contribution in [0.25, 0.3) is 0 Å². The van der Waals surface area contributed by atoms with Gasteiger partial charge in [0.05, 0.1) is 12.5 Å². The van der Waals surface area contributed by atoms with Gasteiger partial charge in [0.25, 0.3) is 0 Å². The molecule has 3 heteroatoms. The van der Waals surface area contributed by atoms with E-state index in [1.807, 2.05) is 19.1 Å². The molecule has 2 nitrogen and oxygen atoms in total. The summed E-state index contributed by atoms with van der Waals surface area (Å²) in [5, 5.41) is 0. The number of ketones is 1. The molecule has 1 rings (SSSR count). The van der Waals surface area contributed by atoms with Gasteiger partial charge in [0.15, 0.2) is 5.78 Å². The summed E-state index contributed by atoms with van der Waals surface area (Å²) in [5.41, 5.74) is 2.58. The number of carbonyl (C=O) groups is 1. The Hall–Kier alpha value is -1.02. The summed E-state index contributed by atoms with van der Waals surface area (Å²) in [6.07, 6.45) is 0. The topological polar surface area (TPSA) is 26.3 Å². The van der Waals surface area contributed by atoms with E-state index in [0.717, 1.165) is 16.9 Å². The third-order valence-electron chi connectivity index (χ3n) is 3.44. The second-order valence-electron chi connectivity index (χ2n) is 7.39. The van der Waals surface area contributed by atoms with Crippen LogP contribution < -0.4 is 4.74 Å². The van der Waals surface area contributed by atoms with Gasteiger partial charge in [-0.3, -0.25) is 4.79 Å². The summed E-state index contributed by atoms with van der Waals surface area (Å²) in [6.45, 7) is 15.4. The van der Waals surface area contributed by atoms with E-state index in [-0.39, 0.29) is 22.5 Å². The molecule has 1 aromatic rings. The fraction of sp³-hybridized carbons (Fsp3) is 0.611. The lowest BCUT2D eigenvalue weighted by atomic mass is 9.78. The first kappa shape index (κ1) is 18.0. The van der Waals surface area contributed by atoms with Crippen molar-refractivity contribution in [2.45, 2.75) is 59.3 Å². The Morgan fingerprint density at radius 1 is 1.05 bits per heavy atom. The number of rotatable bonds is 4. The maximum absolute atomic E-state index is 12.1. The van der Waals surface area contributed by atoms with E-state index in [1.165, 1.54) is 0 Å². The van der Waals surface area contributed by atoms with Crippen LogP contribution in [-0.4, -0.2) is 18.3 Å². The molecule has 0 heterocycles. The van der Waals surface area contributed by atoms with Crippen molar-refractivity contribution in [1.29, 1.82) is 0 Å². The van der Waals surface area contributed by atoms with E-state index in [0.29, 0.717) is 12.2 Å². The minimum atomic E-state index is -0.104. The smallest absolute Gasteiger partial charge is 0.177 e. The van der Waals surface area contributed by atoms with E-state index in [2.05, 4.69) is 41.5 Å². The van der Waals surface area contributed by atoms with Crippen LogP contribution in [0.1, 0.15) is 70.0 Å². The molecule has 0 spiro atoms. The van der Waals surface area contributed by atoms with Crippen LogP contribution in [0.15, 0.2) is 12.1 Å². The van der Waals surface area contributed by atoms with Crippen LogP contribution in [0.4, 0.5) is 0 Å². The molecule has 0 fully saturated rings. The van der Waals surface area contributed by atoms with Gasteiger partial charge in [0.1, 0.15) is 5.75 Å². The first-order chi connectivity index (χ1) is 9.52. The lowest BCUT2D eigenvalue weighted by Gasteiger charge is -2.30. The highest BCUT2D eigenvalue weighted by Crippen LogP contribution is 2.40. The molecule has 0 aromatic heterocycles. The maximum atomic E-state index is 12.1. The van der Waals surface area contributed by atoms with Gasteiger partial charge in [0.2, 0.25) is 0 Å². The fourth-order valence-corrected chi connectivity index (χ4v) is 2.44. The van der Waals surface area contributed by atoms with Gasteiger partial charge in [-0.15, -0.1) is 11.6 Å². The lowest BCUT2D eigenvalue weighted by Crippen LogP contribution is -2.21. The SMILES string of the molecule is CCOc1c(C(C)(C)C)cc(C(=O)CCl)cc1C(C)(C)C. The first-order valence-corrected chi connectivity index (χ1v) is 7.96. The molecule has 21 heavy (non-hydrogen) atoms. The Morgan fingerprint density at radius 3 is 1.76 bits per heavy atom. The molecular formula is C18H27ClO2. The van der Waals surface area contributed by atoms with Crippen molar-refractivity contribution in [3.8, 4) is 5.75 Å². The predicted octanol–water partition coefficient (Wildman–Crippen LogP) is 5.10. The molecule has 0 unspecified atom stereocenters. The predicted molar refractivity (Wildman–Crippen MR) is 90.1 cm³/mol. The molecule has 0 radical (unpaired) electrons. The summed E-state index contributed by atoms with van der Waals surface area (Å²) in [4.78, 5) is 12.1. The van der Waals surface area contributed by atoms with E-state index in [1.54, 1.807) is 0 Å². The van der Waals surface area contributed by atoms with Crippen molar-refractivity contribution in [3.63, 3.8) is 0 Å². The first-order valence-electron chi connectivity index (χ1n) is 7.43. The molecule has 0 saturated heterocycles. The number of Topliss-reactive ketones (excluding diaryl/α,β-unsaturated/α-hetero) is 1. The third kappa shape index (κ3) is 4.23. The Bertz CT molecular complexity index is 484. The number of alkyl halides is 1. The molecule has 0 aliphatic rings. The van der Waals surface area contributed by atoms with E-state index in [9.17, 15) is 4.79 Å². The zero-order valence-corrected chi connectivity index (χ0v) is 15.0. The van der Waals surface area contributed by atoms with Crippen molar-refractivity contribution in [1.82, 2.24) is 0 Å². The Labute approximate surface area is 133 Å². The normalized spacial score (nSPS) is 12.4. The Morgan fingerprint density at radius 2 is 1.48 bits per heavy atom. The van der Waals surface area contributed by atoms with E-state index < -0.39 is 0 Å². The van der Waals surface area contributed by atoms with Crippen molar-refractivity contribution in [2.24, 2.45) is 0 Å². The highest BCUT2D eigenvalue weighted by Gasteiger charge is 2.28.